The molecule has 17 heavy (non-hydrogen) atoms. The highest BCUT2D eigenvalue weighted by molar-refractivity contribution is 7.99. The van der Waals surface area contributed by atoms with Crippen LogP contribution in [0.2, 0.25) is 0 Å². The van der Waals surface area contributed by atoms with Crippen molar-refractivity contribution in [3.63, 3.8) is 0 Å². The Morgan fingerprint density at radius 1 is 1.47 bits per heavy atom. The number of rotatable bonds is 7. The van der Waals surface area contributed by atoms with Gasteiger partial charge in [0, 0.05) is 12.5 Å². The summed E-state index contributed by atoms with van der Waals surface area (Å²) in [5.74, 6) is 0.154. The third kappa shape index (κ3) is 3.73. The molecule has 0 radical (unpaired) electrons. The monoisotopic (exact) mass is 257 g/mol. The maximum absolute atomic E-state index is 10.6. The maximum Gasteiger partial charge on any atom is 0.313 e. The lowest BCUT2D eigenvalue weighted by molar-refractivity contribution is -0.133. The second kappa shape index (κ2) is 6.64. The fraction of sp³-hybridized carbons (Fsp3) is 0.727. The summed E-state index contributed by atoms with van der Waals surface area (Å²) in [7, 11) is 0. The number of aliphatic carboxylic acids is 1. The summed E-state index contributed by atoms with van der Waals surface area (Å²) in [6, 6.07) is 0.308. The molecule has 1 N–H and O–H groups in total. The van der Waals surface area contributed by atoms with Crippen LogP contribution < -0.4 is 0 Å². The number of hydrogen-bond donors (Lipinski definition) is 1. The number of hydrogen-bond acceptors (Lipinski definition) is 4. The molecule has 5 nitrogen and oxygen atoms in total. The van der Waals surface area contributed by atoms with Gasteiger partial charge in [-0.2, -0.15) is 0 Å². The van der Waals surface area contributed by atoms with E-state index in [1.807, 2.05) is 0 Å². The van der Waals surface area contributed by atoms with Gasteiger partial charge >= 0.3 is 5.97 Å². The van der Waals surface area contributed by atoms with Crippen LogP contribution >= 0.6 is 11.8 Å². The van der Waals surface area contributed by atoms with Crippen LogP contribution in [-0.4, -0.2) is 31.6 Å². The minimum absolute atomic E-state index is 0.0285. The first-order valence-electron chi connectivity index (χ1n) is 5.88. The molecule has 1 rings (SSSR count). The van der Waals surface area contributed by atoms with Gasteiger partial charge in [0.25, 0.3) is 0 Å². The summed E-state index contributed by atoms with van der Waals surface area (Å²) in [6.45, 7) is 6.30. The van der Waals surface area contributed by atoms with E-state index in [0.717, 1.165) is 25.1 Å². The number of thioether (sulfide) groups is 1. The Labute approximate surface area is 106 Å². The molecule has 0 aliphatic heterocycles. The highest BCUT2D eigenvalue weighted by Gasteiger charge is 2.16. The quantitative estimate of drug-likeness (QED) is 0.759. The van der Waals surface area contributed by atoms with Gasteiger partial charge in [-0.3, -0.25) is 4.79 Å². The predicted octanol–water partition coefficient (Wildman–Crippen LogP) is 2.38. The molecule has 1 unspecified atom stereocenters. The number of aromatic nitrogens is 3. The lowest BCUT2D eigenvalue weighted by Gasteiger charge is -2.15. The van der Waals surface area contributed by atoms with Crippen molar-refractivity contribution in [3.8, 4) is 0 Å². The fourth-order valence-corrected chi connectivity index (χ4v) is 2.33. The van der Waals surface area contributed by atoms with Crippen molar-refractivity contribution in [1.82, 2.24) is 14.8 Å². The summed E-state index contributed by atoms with van der Waals surface area (Å²) in [5.41, 5.74) is 0. The van der Waals surface area contributed by atoms with Crippen molar-refractivity contribution < 1.29 is 9.90 Å². The molecule has 6 heteroatoms. The largest absolute Gasteiger partial charge is 0.481 e. The first-order valence-corrected chi connectivity index (χ1v) is 6.87. The Hall–Kier alpha value is -1.04. The van der Waals surface area contributed by atoms with Crippen molar-refractivity contribution in [1.29, 1.82) is 0 Å². The van der Waals surface area contributed by atoms with E-state index in [1.165, 1.54) is 11.8 Å². The standard InChI is InChI=1S/C11H19N3O2S/c1-4-6-9-12-13-11(17-7-10(15)16)14(9)8(3)5-2/h8H,4-7H2,1-3H3,(H,15,16). The summed E-state index contributed by atoms with van der Waals surface area (Å²) < 4.78 is 2.07. The molecule has 1 heterocycles. The molecule has 0 saturated heterocycles. The number of carboxylic acids is 1. The highest BCUT2D eigenvalue weighted by atomic mass is 32.2. The van der Waals surface area contributed by atoms with E-state index < -0.39 is 5.97 Å². The second-order valence-corrected chi connectivity index (χ2v) is 4.90. The zero-order valence-corrected chi connectivity index (χ0v) is 11.3. The molecule has 0 spiro atoms. The van der Waals surface area contributed by atoms with E-state index in [4.69, 9.17) is 5.11 Å². The molecule has 1 aromatic rings. The highest BCUT2D eigenvalue weighted by Crippen LogP contribution is 2.23. The van der Waals surface area contributed by atoms with E-state index in [9.17, 15) is 4.79 Å². The lowest BCUT2D eigenvalue weighted by atomic mass is 10.2. The van der Waals surface area contributed by atoms with Crippen LogP contribution in [0.25, 0.3) is 0 Å². The van der Waals surface area contributed by atoms with E-state index >= 15 is 0 Å². The van der Waals surface area contributed by atoms with Gasteiger partial charge < -0.3 is 9.67 Å². The Kier molecular flexibility index (Phi) is 5.47. The van der Waals surface area contributed by atoms with Crippen LogP contribution in [0.1, 0.15) is 45.5 Å². The first kappa shape index (κ1) is 14.0. The van der Waals surface area contributed by atoms with Gasteiger partial charge in [0.2, 0.25) is 0 Å². The summed E-state index contributed by atoms with van der Waals surface area (Å²) in [4.78, 5) is 10.6. The van der Waals surface area contributed by atoms with E-state index in [-0.39, 0.29) is 5.75 Å². The second-order valence-electron chi connectivity index (χ2n) is 3.96. The molecular weight excluding hydrogens is 238 g/mol. The third-order valence-electron chi connectivity index (χ3n) is 2.57. The summed E-state index contributed by atoms with van der Waals surface area (Å²) in [5, 5.41) is 17.6. The topological polar surface area (TPSA) is 68.0 Å². The average Bonchev–Trinajstić information content (AvgIpc) is 2.69. The van der Waals surface area contributed by atoms with Crippen LogP contribution in [0.5, 0.6) is 0 Å². The zero-order valence-electron chi connectivity index (χ0n) is 10.5. The van der Waals surface area contributed by atoms with Crippen LogP contribution in [0.15, 0.2) is 5.16 Å². The maximum atomic E-state index is 10.6. The summed E-state index contributed by atoms with van der Waals surface area (Å²) in [6.07, 6.45) is 2.87. The normalized spacial score (nSPS) is 12.6. The molecule has 0 bridgehead atoms. The fourth-order valence-electron chi connectivity index (χ4n) is 1.55. The Morgan fingerprint density at radius 2 is 2.18 bits per heavy atom. The first-order chi connectivity index (χ1) is 8.10. The van der Waals surface area contributed by atoms with Crippen molar-refractivity contribution >= 4 is 17.7 Å². The number of carbonyl (C=O) groups is 1. The van der Waals surface area contributed by atoms with Gasteiger partial charge in [0.05, 0.1) is 5.75 Å². The average molecular weight is 257 g/mol. The third-order valence-corrected chi connectivity index (χ3v) is 3.49. The Morgan fingerprint density at radius 3 is 2.71 bits per heavy atom. The van der Waals surface area contributed by atoms with Crippen LogP contribution in [-0.2, 0) is 11.2 Å². The summed E-state index contributed by atoms with van der Waals surface area (Å²) >= 11 is 1.24. The van der Waals surface area contributed by atoms with Gasteiger partial charge in [-0.05, 0) is 19.8 Å². The number of nitrogens with zero attached hydrogens (tertiary/aromatic N) is 3. The van der Waals surface area contributed by atoms with Gasteiger partial charge in [-0.15, -0.1) is 10.2 Å². The molecule has 1 aromatic heterocycles. The molecule has 0 aromatic carbocycles. The van der Waals surface area contributed by atoms with Gasteiger partial charge in [0.15, 0.2) is 5.16 Å². The van der Waals surface area contributed by atoms with E-state index in [2.05, 4.69) is 35.5 Å². The molecule has 1 atom stereocenters. The SMILES string of the molecule is CCCc1nnc(SCC(=O)O)n1C(C)CC. The van der Waals surface area contributed by atoms with Crippen LogP contribution in [0.4, 0.5) is 0 Å². The van der Waals surface area contributed by atoms with Gasteiger partial charge in [-0.1, -0.05) is 25.6 Å². The lowest BCUT2D eigenvalue weighted by Crippen LogP contribution is -2.11. The van der Waals surface area contributed by atoms with Crippen LogP contribution in [0, 0.1) is 0 Å². The van der Waals surface area contributed by atoms with E-state index in [0.29, 0.717) is 11.2 Å². The van der Waals surface area contributed by atoms with Crippen LogP contribution in [0.3, 0.4) is 0 Å². The smallest absolute Gasteiger partial charge is 0.313 e. The number of aryl methyl sites for hydroxylation is 1. The zero-order chi connectivity index (χ0) is 12.8. The van der Waals surface area contributed by atoms with Gasteiger partial charge in [0.1, 0.15) is 5.82 Å². The molecule has 96 valence electrons. The molecule has 0 aliphatic rings. The van der Waals surface area contributed by atoms with E-state index in [1.54, 1.807) is 0 Å². The number of carboxylic acid groups (broad SMARTS) is 1. The van der Waals surface area contributed by atoms with Crippen molar-refractivity contribution in [2.45, 2.75) is 51.2 Å². The predicted molar refractivity (Wildman–Crippen MR) is 67.4 cm³/mol. The molecular formula is C11H19N3O2S. The molecule has 0 saturated carbocycles. The Bertz CT molecular complexity index is 379. The minimum atomic E-state index is -0.828. The van der Waals surface area contributed by atoms with Gasteiger partial charge in [-0.25, -0.2) is 0 Å². The Balaban J connectivity index is 2.91. The minimum Gasteiger partial charge on any atom is -0.481 e. The van der Waals surface area contributed by atoms with Crippen molar-refractivity contribution in [2.24, 2.45) is 0 Å². The van der Waals surface area contributed by atoms with Crippen molar-refractivity contribution in [3.05, 3.63) is 5.82 Å². The molecule has 0 aliphatic carbocycles. The van der Waals surface area contributed by atoms with Crippen molar-refractivity contribution in [2.75, 3.05) is 5.75 Å². The molecule has 0 fully saturated rings. The molecule has 0 amide bonds.